The molecule has 0 aliphatic heterocycles. The Labute approximate surface area is 133 Å². The fourth-order valence-corrected chi connectivity index (χ4v) is 1.95. The predicted octanol–water partition coefficient (Wildman–Crippen LogP) is 2.31. The number of rotatable bonds is 5. The van der Waals surface area contributed by atoms with Crippen LogP contribution in [0.25, 0.3) is 0 Å². The minimum Gasteiger partial charge on any atom is -0.479 e. The summed E-state index contributed by atoms with van der Waals surface area (Å²) in [5, 5.41) is 11.0. The fourth-order valence-electron chi connectivity index (χ4n) is 1.52. The van der Waals surface area contributed by atoms with Gasteiger partial charge in [0.15, 0.2) is 0 Å². The minimum absolute atomic E-state index is 0.131. The Kier molecular flexibility index (Phi) is 4.94. The molecule has 0 N–H and O–H groups in total. The first-order chi connectivity index (χ1) is 10.6. The molecule has 10 heteroatoms. The van der Waals surface area contributed by atoms with Gasteiger partial charge in [-0.1, -0.05) is 0 Å². The summed E-state index contributed by atoms with van der Waals surface area (Å²) in [4.78, 5) is 26.3. The molecule has 2 aromatic heterocycles. The van der Waals surface area contributed by atoms with Crippen molar-refractivity contribution in [2.75, 3.05) is 14.2 Å². The average Bonchev–Trinajstić information content (AvgIpc) is 2.53. The van der Waals surface area contributed by atoms with E-state index in [9.17, 15) is 10.1 Å². The monoisotopic (exact) mass is 367 g/mol. The molecule has 0 bridgehead atoms. The molecule has 0 aliphatic rings. The standard InChI is InChI=1S/C12H10BrN5O4/c1-21-11-9(5-16-12(17-11)22-2)15-3-7-8(13)4-14-6-10(7)18(19)20/h3-6H,1-2H3/b15-3+. The van der Waals surface area contributed by atoms with Gasteiger partial charge in [0.1, 0.15) is 11.9 Å². The number of hydrogen-bond acceptors (Lipinski definition) is 8. The molecule has 0 aromatic carbocycles. The molecule has 2 rings (SSSR count). The summed E-state index contributed by atoms with van der Waals surface area (Å²) in [6.45, 7) is 0. The summed E-state index contributed by atoms with van der Waals surface area (Å²) in [5.41, 5.74) is 0.408. The Morgan fingerprint density at radius 1 is 1.32 bits per heavy atom. The first-order valence-corrected chi connectivity index (χ1v) is 6.63. The van der Waals surface area contributed by atoms with Crippen LogP contribution in [0, 0.1) is 10.1 Å². The van der Waals surface area contributed by atoms with E-state index < -0.39 is 4.92 Å². The van der Waals surface area contributed by atoms with Crippen molar-refractivity contribution in [3.63, 3.8) is 0 Å². The number of hydrogen-bond donors (Lipinski definition) is 0. The molecule has 0 unspecified atom stereocenters. The summed E-state index contributed by atoms with van der Waals surface area (Å²) in [5.74, 6) is 0.191. The maximum Gasteiger partial charge on any atom is 0.319 e. The zero-order valence-electron chi connectivity index (χ0n) is 11.6. The quantitative estimate of drug-likeness (QED) is 0.452. The van der Waals surface area contributed by atoms with Gasteiger partial charge in [-0.25, -0.2) is 9.98 Å². The number of halogens is 1. The maximum atomic E-state index is 11.0. The van der Waals surface area contributed by atoms with Crippen molar-refractivity contribution < 1.29 is 14.4 Å². The zero-order valence-corrected chi connectivity index (χ0v) is 13.1. The van der Waals surface area contributed by atoms with Crippen molar-refractivity contribution in [2.24, 2.45) is 4.99 Å². The second-order valence-electron chi connectivity index (χ2n) is 3.82. The molecule has 0 fully saturated rings. The van der Waals surface area contributed by atoms with Crippen LogP contribution in [0.1, 0.15) is 5.56 Å². The van der Waals surface area contributed by atoms with Crippen LogP contribution in [0.15, 0.2) is 28.1 Å². The van der Waals surface area contributed by atoms with Gasteiger partial charge in [-0.05, 0) is 15.9 Å². The Morgan fingerprint density at radius 3 is 2.73 bits per heavy atom. The summed E-state index contributed by atoms with van der Waals surface area (Å²) >= 11 is 3.21. The van der Waals surface area contributed by atoms with Crippen LogP contribution in [0.2, 0.25) is 0 Å². The molecule has 0 amide bonds. The van der Waals surface area contributed by atoms with Gasteiger partial charge < -0.3 is 9.47 Å². The molecule has 0 radical (unpaired) electrons. The highest BCUT2D eigenvalue weighted by atomic mass is 79.9. The number of nitro groups is 1. The minimum atomic E-state index is -0.541. The Balaban J connectivity index is 2.43. The second-order valence-corrected chi connectivity index (χ2v) is 4.67. The second kappa shape index (κ2) is 6.89. The number of aromatic nitrogens is 3. The largest absolute Gasteiger partial charge is 0.479 e. The van der Waals surface area contributed by atoms with Crippen LogP contribution in [0.5, 0.6) is 11.9 Å². The summed E-state index contributed by atoms with van der Waals surface area (Å²) in [7, 11) is 2.85. The first kappa shape index (κ1) is 15.8. The van der Waals surface area contributed by atoms with Crippen molar-refractivity contribution in [1.29, 1.82) is 0 Å². The van der Waals surface area contributed by atoms with E-state index in [0.717, 1.165) is 6.20 Å². The number of ether oxygens (including phenoxy) is 2. The van der Waals surface area contributed by atoms with E-state index in [-0.39, 0.29) is 23.1 Å². The molecule has 0 aliphatic carbocycles. The molecule has 22 heavy (non-hydrogen) atoms. The fraction of sp³-hybridized carbons (Fsp3) is 0.167. The lowest BCUT2D eigenvalue weighted by Crippen LogP contribution is -1.98. The highest BCUT2D eigenvalue weighted by Gasteiger charge is 2.16. The van der Waals surface area contributed by atoms with Gasteiger partial charge in [0.2, 0.25) is 5.88 Å². The molecule has 9 nitrogen and oxygen atoms in total. The van der Waals surface area contributed by atoms with Crippen molar-refractivity contribution in [1.82, 2.24) is 15.0 Å². The van der Waals surface area contributed by atoms with E-state index in [1.54, 1.807) is 0 Å². The van der Waals surface area contributed by atoms with Crippen LogP contribution >= 0.6 is 15.9 Å². The summed E-state index contributed by atoms with van der Waals surface area (Å²) in [6.07, 6.45) is 5.30. The van der Waals surface area contributed by atoms with Crippen molar-refractivity contribution in [3.8, 4) is 11.9 Å². The molecular formula is C12H10BrN5O4. The smallest absolute Gasteiger partial charge is 0.319 e. The molecule has 0 atom stereocenters. The molecule has 2 heterocycles. The van der Waals surface area contributed by atoms with Crippen LogP contribution in [-0.4, -0.2) is 40.3 Å². The molecule has 0 saturated heterocycles. The van der Waals surface area contributed by atoms with E-state index in [4.69, 9.17) is 9.47 Å². The van der Waals surface area contributed by atoms with Crippen LogP contribution in [0.3, 0.4) is 0 Å². The lowest BCUT2D eigenvalue weighted by atomic mass is 10.2. The van der Waals surface area contributed by atoms with Crippen molar-refractivity contribution in [2.45, 2.75) is 0 Å². The van der Waals surface area contributed by atoms with Gasteiger partial charge in [0.05, 0.1) is 35.4 Å². The average molecular weight is 368 g/mol. The predicted molar refractivity (Wildman–Crippen MR) is 81.0 cm³/mol. The third-order valence-electron chi connectivity index (χ3n) is 2.54. The van der Waals surface area contributed by atoms with Crippen LogP contribution in [-0.2, 0) is 0 Å². The van der Waals surface area contributed by atoms with Gasteiger partial charge in [0, 0.05) is 12.4 Å². The SMILES string of the molecule is COc1ncc(/N=C/c2c(Br)cncc2[N+](=O)[O-])c(OC)n1. The number of nitrogens with zero attached hydrogens (tertiary/aromatic N) is 5. The molecule has 0 saturated carbocycles. The van der Waals surface area contributed by atoms with E-state index in [1.807, 2.05) is 0 Å². The normalized spacial score (nSPS) is 10.7. The molecular weight excluding hydrogens is 358 g/mol. The highest BCUT2D eigenvalue weighted by molar-refractivity contribution is 9.10. The zero-order chi connectivity index (χ0) is 16.1. The third-order valence-corrected chi connectivity index (χ3v) is 3.17. The topological polar surface area (TPSA) is 113 Å². The summed E-state index contributed by atoms with van der Waals surface area (Å²) < 4.78 is 10.4. The molecule has 0 spiro atoms. The van der Waals surface area contributed by atoms with Crippen LogP contribution < -0.4 is 9.47 Å². The first-order valence-electron chi connectivity index (χ1n) is 5.83. The highest BCUT2D eigenvalue weighted by Crippen LogP contribution is 2.28. The lowest BCUT2D eigenvalue weighted by Gasteiger charge is -2.04. The van der Waals surface area contributed by atoms with Gasteiger partial charge in [-0.3, -0.25) is 15.1 Å². The van der Waals surface area contributed by atoms with Crippen molar-refractivity contribution >= 4 is 33.5 Å². The number of methoxy groups -OCH3 is 2. The lowest BCUT2D eigenvalue weighted by molar-refractivity contribution is -0.385. The van der Waals surface area contributed by atoms with Crippen LogP contribution in [0.4, 0.5) is 11.4 Å². The number of aliphatic imine (C=N–C) groups is 1. The molecule has 114 valence electrons. The maximum absolute atomic E-state index is 11.0. The van der Waals surface area contributed by atoms with Gasteiger partial charge in [0.25, 0.3) is 5.69 Å². The Hall–Kier alpha value is -2.62. The Morgan fingerprint density at radius 2 is 2.09 bits per heavy atom. The van der Waals surface area contributed by atoms with E-state index in [2.05, 4.69) is 35.9 Å². The number of pyridine rings is 1. The van der Waals surface area contributed by atoms with Gasteiger partial charge in [-0.2, -0.15) is 4.98 Å². The van der Waals surface area contributed by atoms with Gasteiger partial charge >= 0.3 is 6.01 Å². The van der Waals surface area contributed by atoms with E-state index in [1.165, 1.54) is 32.8 Å². The van der Waals surface area contributed by atoms with Crippen molar-refractivity contribution in [3.05, 3.63) is 38.7 Å². The summed E-state index contributed by atoms with van der Waals surface area (Å²) in [6, 6.07) is 0.131. The molecule has 2 aromatic rings. The van der Waals surface area contributed by atoms with E-state index in [0.29, 0.717) is 10.2 Å². The van der Waals surface area contributed by atoms with Gasteiger partial charge in [-0.15, -0.1) is 0 Å². The third kappa shape index (κ3) is 3.34. The Bertz CT molecular complexity index is 737. The van der Waals surface area contributed by atoms with E-state index >= 15 is 0 Å².